The van der Waals surface area contributed by atoms with Crippen molar-refractivity contribution in [1.82, 2.24) is 10.2 Å². The Kier molecular flexibility index (Phi) is 4.12. The zero-order chi connectivity index (χ0) is 12.3. The fourth-order valence-electron chi connectivity index (χ4n) is 1.74. The van der Waals surface area contributed by atoms with Gasteiger partial charge >= 0.3 is 0 Å². The van der Waals surface area contributed by atoms with Crippen LogP contribution in [0.15, 0.2) is 22.1 Å². The minimum absolute atomic E-state index is 0.723. The van der Waals surface area contributed by atoms with Gasteiger partial charge in [0, 0.05) is 5.69 Å². The molecule has 5 heteroatoms. The lowest BCUT2D eigenvalue weighted by Crippen LogP contribution is -2.03. The maximum absolute atomic E-state index is 4.08. The number of nitrogens with zero attached hydrogens (tertiary/aromatic N) is 2. The van der Waals surface area contributed by atoms with Crippen LogP contribution in [0, 0.1) is 6.92 Å². The molecule has 0 aliphatic rings. The lowest BCUT2D eigenvalue weighted by atomic mass is 10.1. The van der Waals surface area contributed by atoms with E-state index in [2.05, 4.69) is 63.5 Å². The van der Waals surface area contributed by atoms with Crippen LogP contribution in [0.4, 0.5) is 5.69 Å². The molecule has 90 valence electrons. The lowest BCUT2D eigenvalue weighted by Gasteiger charge is -2.12. The van der Waals surface area contributed by atoms with Crippen molar-refractivity contribution in [2.45, 2.75) is 26.8 Å². The Balaban J connectivity index is 2.13. The third-order valence-corrected chi connectivity index (χ3v) is 3.95. The highest BCUT2D eigenvalue weighted by Gasteiger charge is 2.06. The molecule has 0 aliphatic carbocycles. The van der Waals surface area contributed by atoms with E-state index in [1.165, 1.54) is 16.8 Å². The normalized spacial score (nSPS) is 10.5. The van der Waals surface area contributed by atoms with Crippen molar-refractivity contribution < 1.29 is 0 Å². The van der Waals surface area contributed by atoms with E-state index in [0.717, 1.165) is 21.9 Å². The summed E-state index contributed by atoms with van der Waals surface area (Å²) in [5.74, 6) is 0. The maximum atomic E-state index is 4.08. The Morgan fingerprint density at radius 2 is 2.18 bits per heavy atom. The molecule has 1 N–H and O–H groups in total. The van der Waals surface area contributed by atoms with Gasteiger partial charge in [-0.3, -0.25) is 0 Å². The molecule has 0 radical (unpaired) electrons. The SMILES string of the molecule is CCc1cccc(C)c1NCc1nnc(Br)s1. The molecular weight excluding hydrogens is 298 g/mol. The second-order valence-corrected chi connectivity index (χ2v) is 6.10. The van der Waals surface area contributed by atoms with Gasteiger partial charge in [-0.05, 0) is 40.4 Å². The first-order valence-electron chi connectivity index (χ1n) is 5.51. The molecule has 0 aliphatic heterocycles. The van der Waals surface area contributed by atoms with Gasteiger partial charge < -0.3 is 5.32 Å². The first-order valence-corrected chi connectivity index (χ1v) is 7.12. The van der Waals surface area contributed by atoms with Gasteiger partial charge in [0.05, 0.1) is 6.54 Å². The van der Waals surface area contributed by atoms with E-state index in [1.807, 2.05) is 0 Å². The number of benzene rings is 1. The predicted octanol–water partition coefficient (Wildman–Crippen LogP) is 3.78. The molecule has 0 atom stereocenters. The summed E-state index contributed by atoms with van der Waals surface area (Å²) >= 11 is 4.88. The Labute approximate surface area is 113 Å². The van der Waals surface area contributed by atoms with Crippen LogP contribution in [-0.2, 0) is 13.0 Å². The summed E-state index contributed by atoms with van der Waals surface area (Å²) in [6.45, 7) is 5.01. The number of aryl methyl sites for hydroxylation is 2. The quantitative estimate of drug-likeness (QED) is 0.933. The highest BCUT2D eigenvalue weighted by Crippen LogP contribution is 2.23. The highest BCUT2D eigenvalue weighted by molar-refractivity contribution is 9.11. The smallest absolute Gasteiger partial charge is 0.183 e. The van der Waals surface area contributed by atoms with Crippen molar-refractivity contribution in [2.75, 3.05) is 5.32 Å². The molecule has 1 heterocycles. The number of hydrogen-bond donors (Lipinski definition) is 1. The monoisotopic (exact) mass is 311 g/mol. The number of halogens is 1. The highest BCUT2D eigenvalue weighted by atomic mass is 79.9. The minimum Gasteiger partial charge on any atom is -0.378 e. The van der Waals surface area contributed by atoms with Crippen LogP contribution in [0.5, 0.6) is 0 Å². The second-order valence-electron chi connectivity index (χ2n) is 3.76. The summed E-state index contributed by atoms with van der Waals surface area (Å²) in [4.78, 5) is 0. The van der Waals surface area contributed by atoms with Gasteiger partial charge in [-0.2, -0.15) is 0 Å². The first-order chi connectivity index (χ1) is 8.20. The molecule has 0 spiro atoms. The molecule has 0 unspecified atom stereocenters. The number of nitrogens with one attached hydrogen (secondary N) is 1. The minimum atomic E-state index is 0.723. The van der Waals surface area contributed by atoms with Gasteiger partial charge in [-0.1, -0.05) is 36.5 Å². The number of para-hydroxylation sites is 1. The summed E-state index contributed by atoms with van der Waals surface area (Å²) < 4.78 is 0.829. The molecule has 1 aromatic carbocycles. The maximum Gasteiger partial charge on any atom is 0.183 e. The van der Waals surface area contributed by atoms with Crippen LogP contribution in [0.2, 0.25) is 0 Å². The molecular formula is C12H14BrN3S. The lowest BCUT2D eigenvalue weighted by molar-refractivity contribution is 0.974. The average Bonchev–Trinajstić information content (AvgIpc) is 2.73. The summed E-state index contributed by atoms with van der Waals surface area (Å²) in [5.41, 5.74) is 3.84. The first kappa shape index (κ1) is 12.5. The standard InChI is InChI=1S/C12H14BrN3S/c1-3-9-6-4-5-8(2)11(9)14-7-10-15-16-12(13)17-10/h4-6,14H,3,7H2,1-2H3. The van der Waals surface area contributed by atoms with E-state index < -0.39 is 0 Å². The van der Waals surface area contributed by atoms with Crippen molar-refractivity contribution in [3.63, 3.8) is 0 Å². The fraction of sp³-hybridized carbons (Fsp3) is 0.333. The van der Waals surface area contributed by atoms with Crippen LogP contribution in [-0.4, -0.2) is 10.2 Å². The van der Waals surface area contributed by atoms with Crippen molar-refractivity contribution in [1.29, 1.82) is 0 Å². The molecule has 0 saturated heterocycles. The summed E-state index contributed by atoms with van der Waals surface area (Å²) in [5, 5.41) is 12.5. The molecule has 2 rings (SSSR count). The zero-order valence-electron chi connectivity index (χ0n) is 9.83. The molecule has 0 amide bonds. The van der Waals surface area contributed by atoms with E-state index in [9.17, 15) is 0 Å². The van der Waals surface area contributed by atoms with E-state index in [-0.39, 0.29) is 0 Å². The number of anilines is 1. The van der Waals surface area contributed by atoms with Crippen molar-refractivity contribution in [3.05, 3.63) is 38.3 Å². The predicted molar refractivity (Wildman–Crippen MR) is 75.5 cm³/mol. The van der Waals surface area contributed by atoms with Gasteiger partial charge in [0.2, 0.25) is 0 Å². The number of aromatic nitrogens is 2. The molecule has 3 nitrogen and oxygen atoms in total. The van der Waals surface area contributed by atoms with Crippen LogP contribution < -0.4 is 5.32 Å². The van der Waals surface area contributed by atoms with Crippen LogP contribution in [0.25, 0.3) is 0 Å². The summed E-state index contributed by atoms with van der Waals surface area (Å²) in [6.07, 6.45) is 1.03. The van der Waals surface area contributed by atoms with Crippen molar-refractivity contribution in [2.24, 2.45) is 0 Å². The molecule has 0 saturated carbocycles. The fourth-order valence-corrected chi connectivity index (χ4v) is 2.89. The topological polar surface area (TPSA) is 37.8 Å². The van der Waals surface area contributed by atoms with E-state index >= 15 is 0 Å². The van der Waals surface area contributed by atoms with Crippen molar-refractivity contribution in [3.8, 4) is 0 Å². The third-order valence-electron chi connectivity index (χ3n) is 2.60. The van der Waals surface area contributed by atoms with E-state index in [1.54, 1.807) is 11.3 Å². The Bertz CT molecular complexity index is 510. The Morgan fingerprint density at radius 3 is 2.82 bits per heavy atom. The van der Waals surface area contributed by atoms with E-state index in [0.29, 0.717) is 0 Å². The largest absolute Gasteiger partial charge is 0.378 e. The van der Waals surface area contributed by atoms with Gasteiger partial charge in [-0.25, -0.2) is 0 Å². The Morgan fingerprint density at radius 1 is 1.35 bits per heavy atom. The second kappa shape index (κ2) is 5.60. The Hall–Kier alpha value is -0.940. The molecule has 0 fully saturated rings. The summed E-state index contributed by atoms with van der Waals surface area (Å²) in [7, 11) is 0. The van der Waals surface area contributed by atoms with Gasteiger partial charge in [0.25, 0.3) is 0 Å². The van der Waals surface area contributed by atoms with Crippen molar-refractivity contribution >= 4 is 33.0 Å². The third kappa shape index (κ3) is 3.04. The van der Waals surface area contributed by atoms with Crippen LogP contribution >= 0.6 is 27.3 Å². The summed E-state index contributed by atoms with van der Waals surface area (Å²) in [6, 6.07) is 6.38. The van der Waals surface area contributed by atoms with E-state index in [4.69, 9.17) is 0 Å². The number of hydrogen-bond acceptors (Lipinski definition) is 4. The molecule has 2 aromatic rings. The van der Waals surface area contributed by atoms with Gasteiger partial charge in [0.1, 0.15) is 5.01 Å². The van der Waals surface area contributed by atoms with Crippen LogP contribution in [0.1, 0.15) is 23.1 Å². The van der Waals surface area contributed by atoms with Gasteiger partial charge in [0.15, 0.2) is 3.92 Å². The van der Waals surface area contributed by atoms with Gasteiger partial charge in [-0.15, -0.1) is 10.2 Å². The number of rotatable bonds is 4. The molecule has 0 bridgehead atoms. The molecule has 1 aromatic heterocycles. The molecule has 17 heavy (non-hydrogen) atoms. The average molecular weight is 312 g/mol. The zero-order valence-corrected chi connectivity index (χ0v) is 12.2. The van der Waals surface area contributed by atoms with Crippen LogP contribution in [0.3, 0.4) is 0 Å².